The zero-order valence-electron chi connectivity index (χ0n) is 27.9. The Labute approximate surface area is 274 Å². The topological polar surface area (TPSA) is 155 Å². The molecule has 0 fully saturated rings. The summed E-state index contributed by atoms with van der Waals surface area (Å²) >= 11 is 0. The molecule has 0 bridgehead atoms. The summed E-state index contributed by atoms with van der Waals surface area (Å²) in [6.45, 7) is 13.2. The van der Waals surface area contributed by atoms with Crippen molar-refractivity contribution in [2.75, 3.05) is 0 Å². The van der Waals surface area contributed by atoms with Crippen molar-refractivity contribution in [1.82, 2.24) is 19.8 Å². The Morgan fingerprint density at radius 3 is 1.34 bits per heavy atom. The Hall–Kier alpha value is -4.65. The molecule has 252 valence electrons. The van der Waals surface area contributed by atoms with Crippen LogP contribution in [0, 0.1) is 0 Å². The molecule has 2 atom stereocenters. The molecule has 12 nitrogen and oxygen atoms in total. The van der Waals surface area contributed by atoms with Gasteiger partial charge in [0.25, 0.3) is 11.8 Å². The summed E-state index contributed by atoms with van der Waals surface area (Å²) < 4.78 is 40.9. The highest BCUT2D eigenvalue weighted by atomic mass is 32.2. The Kier molecular flexibility index (Phi) is 9.91. The minimum absolute atomic E-state index is 0.197. The Morgan fingerprint density at radius 2 is 1.00 bits per heavy atom. The van der Waals surface area contributed by atoms with E-state index in [0.717, 1.165) is 0 Å². The number of carbonyl (C=O) groups excluding carboxylic acids is 4. The first-order chi connectivity index (χ1) is 21.7. The number of para-hydroxylation sites is 2. The molecule has 0 saturated heterocycles. The second-order valence-electron chi connectivity index (χ2n) is 13.5. The number of amides is 2. The van der Waals surface area contributed by atoms with Crippen LogP contribution in [0.5, 0.6) is 0 Å². The number of carbonyl (C=O) groups is 4. The van der Waals surface area contributed by atoms with Gasteiger partial charge < -0.3 is 20.1 Å². The summed E-state index contributed by atoms with van der Waals surface area (Å²) in [6, 6.07) is 15.1. The van der Waals surface area contributed by atoms with E-state index in [1.54, 1.807) is 102 Å². The molecule has 0 aliphatic heterocycles. The van der Waals surface area contributed by atoms with Crippen LogP contribution in [0.3, 0.4) is 0 Å². The van der Waals surface area contributed by atoms with E-state index in [0.29, 0.717) is 21.8 Å². The van der Waals surface area contributed by atoms with Crippen LogP contribution in [0.25, 0.3) is 21.8 Å². The Balaban J connectivity index is 1.65. The molecule has 4 aromatic rings. The largest absolute Gasteiger partial charge is 0.444 e. The van der Waals surface area contributed by atoms with Gasteiger partial charge in [-0.2, -0.15) is 0 Å². The van der Waals surface area contributed by atoms with Crippen LogP contribution in [0.15, 0.2) is 60.7 Å². The lowest BCUT2D eigenvalue weighted by atomic mass is 10.2. The van der Waals surface area contributed by atoms with Gasteiger partial charge >= 0.3 is 12.2 Å². The summed E-state index contributed by atoms with van der Waals surface area (Å²) in [5.41, 5.74) is -0.205. The lowest BCUT2D eigenvalue weighted by molar-refractivity contribution is 0.0482. The lowest BCUT2D eigenvalue weighted by Crippen LogP contribution is -2.44. The number of hydrogen-bond donors (Lipinski definition) is 2. The number of nitrogens with zero attached hydrogens (tertiary/aromatic N) is 2. The molecular weight excluding hydrogens is 624 g/mol. The van der Waals surface area contributed by atoms with Crippen molar-refractivity contribution >= 4 is 55.6 Å². The molecule has 2 heterocycles. The summed E-state index contributed by atoms with van der Waals surface area (Å²) in [4.78, 5) is 52.2. The van der Waals surface area contributed by atoms with E-state index in [1.165, 1.54) is 23.0 Å². The second kappa shape index (κ2) is 13.2. The average molecular weight is 667 g/mol. The van der Waals surface area contributed by atoms with Gasteiger partial charge in [0.05, 0.1) is 22.5 Å². The highest BCUT2D eigenvalue weighted by Crippen LogP contribution is 2.26. The first kappa shape index (κ1) is 35.2. The maximum Gasteiger partial charge on any atom is 0.408 e. The molecule has 0 aliphatic rings. The van der Waals surface area contributed by atoms with Gasteiger partial charge in [-0.3, -0.25) is 18.7 Å². The molecule has 2 aromatic heterocycles. The molecule has 0 saturated carbocycles. The van der Waals surface area contributed by atoms with Crippen LogP contribution < -0.4 is 10.6 Å². The number of sulfone groups is 1. The van der Waals surface area contributed by atoms with Crippen LogP contribution in [-0.2, 0) is 30.8 Å². The number of fused-ring (bicyclic) bond motifs is 2. The van der Waals surface area contributed by atoms with Crippen molar-refractivity contribution in [2.24, 2.45) is 0 Å². The van der Waals surface area contributed by atoms with Gasteiger partial charge in [-0.1, -0.05) is 36.4 Å². The van der Waals surface area contributed by atoms with E-state index in [4.69, 9.17) is 9.47 Å². The maximum atomic E-state index is 13.9. The maximum absolute atomic E-state index is 13.9. The van der Waals surface area contributed by atoms with E-state index >= 15 is 0 Å². The van der Waals surface area contributed by atoms with Crippen molar-refractivity contribution in [2.45, 2.75) is 90.2 Å². The minimum atomic E-state index is -4.01. The summed E-state index contributed by atoms with van der Waals surface area (Å²) in [7, 11) is -4.01. The lowest BCUT2D eigenvalue weighted by Gasteiger charge is -2.22. The molecule has 0 spiro atoms. The SMILES string of the molecule is C[C@H](NC(=O)OC(C)(C)C)C(=O)n1c(CS(=O)(=O)Cc2cc3ccccc3n2C(=O)[C@H](C)NC(=O)OC(C)(C)C)cc2ccccc21. The highest BCUT2D eigenvalue weighted by molar-refractivity contribution is 7.89. The fourth-order valence-electron chi connectivity index (χ4n) is 5.14. The summed E-state index contributed by atoms with van der Waals surface area (Å²) in [5.74, 6) is -2.16. The predicted octanol–water partition coefficient (Wildman–Crippen LogP) is 5.82. The van der Waals surface area contributed by atoms with E-state index in [1.807, 2.05) is 0 Å². The standard InChI is InChI=1S/C34H42N4O8S/c1-21(35-31(41)45-33(3,4)5)29(39)37-25(17-23-13-9-11-15-27(23)37)19-47(43,44)20-26-18-24-14-10-12-16-28(24)38(26)30(40)22(2)36-32(42)46-34(6,7)8/h9-18,21-22H,19-20H2,1-8H3,(H,35,41)(H,36,42)/t21-,22-/m0/s1. The third-order valence-corrected chi connectivity index (χ3v) is 8.43. The molecule has 0 unspecified atom stereocenters. The van der Waals surface area contributed by atoms with Crippen molar-refractivity contribution < 1.29 is 37.1 Å². The average Bonchev–Trinajstić information content (AvgIpc) is 3.46. The minimum Gasteiger partial charge on any atom is -0.444 e. The molecule has 4 rings (SSSR count). The van der Waals surface area contributed by atoms with Crippen molar-refractivity contribution in [1.29, 1.82) is 0 Å². The van der Waals surface area contributed by atoms with Crippen molar-refractivity contribution in [3.8, 4) is 0 Å². The smallest absolute Gasteiger partial charge is 0.408 e. The molecule has 13 heteroatoms. The molecule has 2 amide bonds. The quantitative estimate of drug-likeness (QED) is 0.239. The van der Waals surface area contributed by atoms with E-state index in [9.17, 15) is 27.6 Å². The number of nitrogens with one attached hydrogen (secondary N) is 2. The molecule has 2 aromatic carbocycles. The number of benzene rings is 2. The van der Waals surface area contributed by atoms with Crippen LogP contribution in [0.4, 0.5) is 9.59 Å². The van der Waals surface area contributed by atoms with Crippen LogP contribution in [-0.4, -0.2) is 64.8 Å². The number of ether oxygens (including phenoxy) is 2. The van der Waals surface area contributed by atoms with Crippen LogP contribution in [0.1, 0.15) is 76.4 Å². The van der Waals surface area contributed by atoms with Gasteiger partial charge in [-0.05, 0) is 79.7 Å². The number of rotatable bonds is 8. The molecular formula is C34H42N4O8S. The van der Waals surface area contributed by atoms with Gasteiger partial charge in [0.1, 0.15) is 23.3 Å². The zero-order valence-corrected chi connectivity index (χ0v) is 28.7. The fourth-order valence-corrected chi connectivity index (χ4v) is 6.57. The Bertz CT molecular complexity index is 1810. The van der Waals surface area contributed by atoms with Gasteiger partial charge in [-0.15, -0.1) is 0 Å². The fraction of sp³-hybridized carbons (Fsp3) is 0.412. The third-order valence-electron chi connectivity index (χ3n) is 6.96. The molecule has 47 heavy (non-hydrogen) atoms. The normalized spacial score (nSPS) is 13.6. The van der Waals surface area contributed by atoms with Gasteiger partial charge in [0.15, 0.2) is 9.84 Å². The third kappa shape index (κ3) is 8.79. The highest BCUT2D eigenvalue weighted by Gasteiger charge is 2.29. The predicted molar refractivity (Wildman–Crippen MR) is 179 cm³/mol. The number of aromatic nitrogens is 2. The zero-order chi connectivity index (χ0) is 34.9. The van der Waals surface area contributed by atoms with E-state index in [-0.39, 0.29) is 11.4 Å². The Morgan fingerprint density at radius 1 is 0.660 bits per heavy atom. The van der Waals surface area contributed by atoms with E-state index in [2.05, 4.69) is 10.6 Å². The second-order valence-corrected chi connectivity index (χ2v) is 15.6. The van der Waals surface area contributed by atoms with E-state index < -0.39 is 68.6 Å². The molecule has 0 aliphatic carbocycles. The monoisotopic (exact) mass is 666 g/mol. The van der Waals surface area contributed by atoms with Crippen molar-refractivity contribution in [3.63, 3.8) is 0 Å². The summed E-state index contributed by atoms with van der Waals surface area (Å²) in [5, 5.41) is 6.34. The summed E-state index contributed by atoms with van der Waals surface area (Å²) in [6.07, 6.45) is -1.56. The van der Waals surface area contributed by atoms with Crippen LogP contribution in [0.2, 0.25) is 0 Å². The van der Waals surface area contributed by atoms with Gasteiger partial charge in [-0.25, -0.2) is 18.0 Å². The van der Waals surface area contributed by atoms with Crippen LogP contribution >= 0.6 is 0 Å². The number of hydrogen-bond acceptors (Lipinski definition) is 8. The first-order valence-corrected chi connectivity index (χ1v) is 17.0. The van der Waals surface area contributed by atoms with Crippen molar-refractivity contribution in [3.05, 3.63) is 72.1 Å². The molecule has 2 N–H and O–H groups in total. The first-order valence-electron chi connectivity index (χ1n) is 15.2. The van der Waals surface area contributed by atoms with Gasteiger partial charge in [0, 0.05) is 22.2 Å². The van der Waals surface area contributed by atoms with Gasteiger partial charge in [0.2, 0.25) is 0 Å². The molecule has 0 radical (unpaired) electrons. The number of alkyl carbamates (subject to hydrolysis) is 2.